The number of piperidine rings is 1. The summed E-state index contributed by atoms with van der Waals surface area (Å²) in [5.74, 6) is 0.542. The summed E-state index contributed by atoms with van der Waals surface area (Å²) in [5, 5.41) is 8.97. The van der Waals surface area contributed by atoms with E-state index in [2.05, 4.69) is 44.9 Å². The smallest absolute Gasteiger partial charge is 0.223 e. The molecular weight excluding hydrogens is 408 g/mol. The summed E-state index contributed by atoms with van der Waals surface area (Å²) in [4.78, 5) is 9.12. The maximum Gasteiger partial charge on any atom is 0.223 e. The van der Waals surface area contributed by atoms with Gasteiger partial charge in [-0.15, -0.1) is 12.4 Å². The van der Waals surface area contributed by atoms with E-state index in [0.29, 0.717) is 18.2 Å². The van der Waals surface area contributed by atoms with E-state index in [-0.39, 0.29) is 23.2 Å². The predicted octanol–water partition coefficient (Wildman–Crippen LogP) is 3.53. The minimum absolute atomic E-state index is 0. The van der Waals surface area contributed by atoms with Crippen LogP contribution in [0.1, 0.15) is 30.0 Å². The Kier molecular flexibility index (Phi) is 6.72. The summed E-state index contributed by atoms with van der Waals surface area (Å²) in [6.45, 7) is 2.27. The molecule has 3 aromatic rings. The Morgan fingerprint density at radius 1 is 1.17 bits per heavy atom. The van der Waals surface area contributed by atoms with Gasteiger partial charge in [-0.25, -0.2) is 18.4 Å². The van der Waals surface area contributed by atoms with E-state index in [0.717, 1.165) is 31.5 Å². The number of rotatable bonds is 5. The SMILES string of the molecule is CS(=O)(=O)c1cnc(NCc2cccc3ccccc23)nc1C1CCCNC1.Cl. The van der Waals surface area contributed by atoms with Crippen LogP contribution < -0.4 is 10.6 Å². The first kappa shape index (κ1) is 21.5. The summed E-state index contributed by atoms with van der Waals surface area (Å²) in [7, 11) is -3.38. The summed E-state index contributed by atoms with van der Waals surface area (Å²) in [6.07, 6.45) is 4.60. The number of hydrogen-bond acceptors (Lipinski definition) is 6. The van der Waals surface area contributed by atoms with Gasteiger partial charge in [0.25, 0.3) is 0 Å². The molecule has 1 unspecified atom stereocenters. The van der Waals surface area contributed by atoms with Crippen molar-refractivity contribution >= 4 is 39.0 Å². The van der Waals surface area contributed by atoms with Crippen molar-refractivity contribution in [2.75, 3.05) is 24.7 Å². The van der Waals surface area contributed by atoms with Crippen LogP contribution in [0.25, 0.3) is 10.8 Å². The van der Waals surface area contributed by atoms with Crippen LogP contribution in [-0.2, 0) is 16.4 Å². The quantitative estimate of drug-likeness (QED) is 0.641. The van der Waals surface area contributed by atoms with Gasteiger partial charge in [-0.05, 0) is 35.7 Å². The zero-order valence-corrected chi connectivity index (χ0v) is 17.9. The molecule has 1 aromatic heterocycles. The molecule has 0 aliphatic carbocycles. The number of fused-ring (bicyclic) bond motifs is 1. The Bertz CT molecular complexity index is 1090. The number of benzene rings is 2. The van der Waals surface area contributed by atoms with Crippen LogP contribution in [0.2, 0.25) is 0 Å². The summed E-state index contributed by atoms with van der Waals surface area (Å²) in [6, 6.07) is 14.4. The Balaban J connectivity index is 0.00000240. The highest BCUT2D eigenvalue weighted by Gasteiger charge is 2.25. The molecule has 2 N–H and O–H groups in total. The molecule has 154 valence electrons. The third-order valence-electron chi connectivity index (χ3n) is 5.18. The van der Waals surface area contributed by atoms with E-state index in [9.17, 15) is 8.42 Å². The first-order valence-corrected chi connectivity index (χ1v) is 11.4. The number of halogens is 1. The number of anilines is 1. The molecule has 2 aromatic carbocycles. The van der Waals surface area contributed by atoms with Crippen molar-refractivity contribution in [2.45, 2.75) is 30.2 Å². The van der Waals surface area contributed by atoms with Gasteiger partial charge in [0.1, 0.15) is 4.90 Å². The molecule has 0 saturated carbocycles. The standard InChI is InChI=1S/C21H24N4O2S.ClH/c1-28(26,27)19-14-24-21(25-20(19)17-9-5-11-22-12-17)23-13-16-8-4-7-15-6-2-3-10-18(15)16;/h2-4,6-8,10,14,17,22H,5,9,11-13H2,1H3,(H,23,24,25);1H. The highest BCUT2D eigenvalue weighted by atomic mass is 35.5. The fraction of sp³-hybridized carbons (Fsp3) is 0.333. The molecule has 8 heteroatoms. The highest BCUT2D eigenvalue weighted by molar-refractivity contribution is 7.90. The van der Waals surface area contributed by atoms with Gasteiger partial charge in [0, 0.05) is 25.3 Å². The maximum atomic E-state index is 12.2. The van der Waals surface area contributed by atoms with Crippen LogP contribution in [0.5, 0.6) is 0 Å². The number of nitrogens with zero attached hydrogens (tertiary/aromatic N) is 2. The molecule has 0 amide bonds. The van der Waals surface area contributed by atoms with Crippen molar-refractivity contribution in [2.24, 2.45) is 0 Å². The average Bonchev–Trinajstić information content (AvgIpc) is 2.72. The van der Waals surface area contributed by atoms with Gasteiger partial charge >= 0.3 is 0 Å². The normalized spacial score (nSPS) is 16.9. The lowest BCUT2D eigenvalue weighted by Gasteiger charge is -2.24. The Hall–Kier alpha value is -2.22. The zero-order valence-electron chi connectivity index (χ0n) is 16.3. The predicted molar refractivity (Wildman–Crippen MR) is 119 cm³/mol. The number of sulfone groups is 1. The van der Waals surface area contributed by atoms with E-state index in [1.54, 1.807) is 0 Å². The topological polar surface area (TPSA) is 84.0 Å². The van der Waals surface area contributed by atoms with Gasteiger partial charge < -0.3 is 10.6 Å². The molecule has 4 rings (SSSR count). The minimum atomic E-state index is -3.38. The Morgan fingerprint density at radius 2 is 1.97 bits per heavy atom. The lowest BCUT2D eigenvalue weighted by atomic mass is 9.96. The maximum absolute atomic E-state index is 12.2. The zero-order chi connectivity index (χ0) is 19.6. The third kappa shape index (κ3) is 4.86. The third-order valence-corrected chi connectivity index (χ3v) is 6.30. The van der Waals surface area contributed by atoms with Crippen molar-refractivity contribution in [3.05, 3.63) is 59.9 Å². The number of aromatic nitrogens is 2. The summed E-state index contributed by atoms with van der Waals surface area (Å²) in [5.41, 5.74) is 1.76. The van der Waals surface area contributed by atoms with Crippen LogP contribution in [-0.4, -0.2) is 37.7 Å². The second-order valence-electron chi connectivity index (χ2n) is 7.25. The first-order valence-electron chi connectivity index (χ1n) is 9.50. The van der Waals surface area contributed by atoms with Gasteiger partial charge in [0.15, 0.2) is 9.84 Å². The molecule has 0 radical (unpaired) electrons. The second kappa shape index (κ2) is 9.07. The van der Waals surface area contributed by atoms with E-state index in [1.165, 1.54) is 23.2 Å². The molecule has 1 aliphatic rings. The lowest BCUT2D eigenvalue weighted by Crippen LogP contribution is -2.30. The molecule has 1 aliphatic heterocycles. The highest BCUT2D eigenvalue weighted by Crippen LogP contribution is 2.28. The molecule has 29 heavy (non-hydrogen) atoms. The average molecular weight is 433 g/mol. The second-order valence-corrected chi connectivity index (χ2v) is 9.23. The molecule has 0 spiro atoms. The first-order chi connectivity index (χ1) is 13.5. The van der Waals surface area contributed by atoms with Crippen LogP contribution in [0, 0.1) is 0 Å². The monoisotopic (exact) mass is 432 g/mol. The minimum Gasteiger partial charge on any atom is -0.350 e. The van der Waals surface area contributed by atoms with Gasteiger partial charge in [-0.2, -0.15) is 0 Å². The molecule has 6 nitrogen and oxygen atoms in total. The van der Waals surface area contributed by atoms with Crippen LogP contribution >= 0.6 is 12.4 Å². The van der Waals surface area contributed by atoms with E-state index in [1.807, 2.05) is 18.2 Å². The van der Waals surface area contributed by atoms with Crippen molar-refractivity contribution in [1.82, 2.24) is 15.3 Å². The van der Waals surface area contributed by atoms with Crippen LogP contribution in [0.4, 0.5) is 5.95 Å². The van der Waals surface area contributed by atoms with E-state index in [4.69, 9.17) is 0 Å². The van der Waals surface area contributed by atoms with E-state index >= 15 is 0 Å². The number of nitrogens with one attached hydrogen (secondary N) is 2. The summed E-state index contributed by atoms with van der Waals surface area (Å²) < 4.78 is 24.4. The Labute approximate surface area is 177 Å². The van der Waals surface area contributed by atoms with Gasteiger partial charge in [0.2, 0.25) is 5.95 Å². The van der Waals surface area contributed by atoms with Gasteiger partial charge in [-0.3, -0.25) is 0 Å². The largest absolute Gasteiger partial charge is 0.350 e. The van der Waals surface area contributed by atoms with Crippen molar-refractivity contribution in [3.8, 4) is 0 Å². The van der Waals surface area contributed by atoms with Crippen molar-refractivity contribution < 1.29 is 8.42 Å². The van der Waals surface area contributed by atoms with E-state index < -0.39 is 9.84 Å². The van der Waals surface area contributed by atoms with Crippen molar-refractivity contribution in [3.63, 3.8) is 0 Å². The Morgan fingerprint density at radius 3 is 2.72 bits per heavy atom. The summed E-state index contributed by atoms with van der Waals surface area (Å²) >= 11 is 0. The molecule has 1 saturated heterocycles. The van der Waals surface area contributed by atoms with Gasteiger partial charge in [0.05, 0.1) is 11.9 Å². The fourth-order valence-corrected chi connectivity index (χ4v) is 4.59. The fourth-order valence-electron chi connectivity index (χ4n) is 3.75. The van der Waals surface area contributed by atoms with Crippen molar-refractivity contribution in [1.29, 1.82) is 0 Å². The number of hydrogen-bond donors (Lipinski definition) is 2. The molecule has 1 atom stereocenters. The van der Waals surface area contributed by atoms with Crippen LogP contribution in [0.15, 0.2) is 53.6 Å². The van der Waals surface area contributed by atoms with Crippen LogP contribution in [0.3, 0.4) is 0 Å². The lowest BCUT2D eigenvalue weighted by molar-refractivity contribution is 0.448. The molecular formula is C21H25ClN4O2S. The molecule has 1 fully saturated rings. The molecule has 0 bridgehead atoms. The molecule has 2 heterocycles. The van der Waals surface area contributed by atoms with Gasteiger partial charge in [-0.1, -0.05) is 42.5 Å².